The first kappa shape index (κ1) is 16.9. The summed E-state index contributed by atoms with van der Waals surface area (Å²) in [6.45, 7) is 14.5. The van der Waals surface area contributed by atoms with Crippen LogP contribution >= 0.6 is 0 Å². The lowest BCUT2D eigenvalue weighted by molar-refractivity contribution is 0.371. The molecule has 0 bridgehead atoms. The van der Waals surface area contributed by atoms with E-state index in [2.05, 4.69) is 56.4 Å². The maximum Gasteiger partial charge on any atom is 0.225 e. The summed E-state index contributed by atoms with van der Waals surface area (Å²) in [5, 5.41) is 0. The zero-order valence-corrected chi connectivity index (χ0v) is 14.1. The van der Waals surface area contributed by atoms with Gasteiger partial charge in [0.25, 0.3) is 0 Å². The van der Waals surface area contributed by atoms with Gasteiger partial charge in [0, 0.05) is 25.0 Å². The lowest BCUT2D eigenvalue weighted by atomic mass is 9.92. The minimum Gasteiger partial charge on any atom is -0.338 e. The maximum absolute atomic E-state index is 4.58. The second-order valence-electron chi connectivity index (χ2n) is 6.90. The largest absolute Gasteiger partial charge is 0.338 e. The van der Waals surface area contributed by atoms with Crippen molar-refractivity contribution in [3.05, 3.63) is 18.0 Å². The Morgan fingerprint density at radius 3 is 2.20 bits per heavy atom. The van der Waals surface area contributed by atoms with E-state index in [0.29, 0.717) is 11.5 Å². The van der Waals surface area contributed by atoms with Crippen LogP contribution in [0.4, 0.5) is 5.95 Å². The van der Waals surface area contributed by atoms with E-state index in [4.69, 9.17) is 0 Å². The van der Waals surface area contributed by atoms with Crippen molar-refractivity contribution < 1.29 is 0 Å². The van der Waals surface area contributed by atoms with E-state index in [1.54, 1.807) is 0 Å². The SMILES string of the molecule is CCCc1cnc(N(CCC(C)(C)C)C(C)CC)nc1. The number of anilines is 1. The van der Waals surface area contributed by atoms with Gasteiger partial charge in [-0.15, -0.1) is 0 Å². The van der Waals surface area contributed by atoms with Gasteiger partial charge in [-0.3, -0.25) is 0 Å². The van der Waals surface area contributed by atoms with Crippen LogP contribution in [0.2, 0.25) is 0 Å². The number of aromatic nitrogens is 2. The fourth-order valence-corrected chi connectivity index (χ4v) is 2.11. The molecule has 0 saturated carbocycles. The van der Waals surface area contributed by atoms with Crippen molar-refractivity contribution in [1.29, 1.82) is 0 Å². The molecule has 3 heteroatoms. The Morgan fingerprint density at radius 2 is 1.75 bits per heavy atom. The fourth-order valence-electron chi connectivity index (χ4n) is 2.11. The van der Waals surface area contributed by atoms with Crippen molar-refractivity contribution in [2.24, 2.45) is 5.41 Å². The molecule has 1 rings (SSSR count). The molecule has 0 N–H and O–H groups in total. The third-order valence-corrected chi connectivity index (χ3v) is 3.71. The Morgan fingerprint density at radius 1 is 1.15 bits per heavy atom. The summed E-state index contributed by atoms with van der Waals surface area (Å²) < 4.78 is 0. The van der Waals surface area contributed by atoms with Gasteiger partial charge in [0.2, 0.25) is 5.95 Å². The molecule has 1 aromatic rings. The fraction of sp³-hybridized carbons (Fsp3) is 0.765. The first-order valence-electron chi connectivity index (χ1n) is 7.95. The highest BCUT2D eigenvalue weighted by Crippen LogP contribution is 2.22. The van der Waals surface area contributed by atoms with E-state index >= 15 is 0 Å². The first-order chi connectivity index (χ1) is 9.37. The van der Waals surface area contributed by atoms with Crippen LogP contribution in [0.1, 0.15) is 66.4 Å². The van der Waals surface area contributed by atoms with Crippen molar-refractivity contribution in [3.8, 4) is 0 Å². The Balaban J connectivity index is 2.81. The monoisotopic (exact) mass is 277 g/mol. The van der Waals surface area contributed by atoms with Gasteiger partial charge >= 0.3 is 0 Å². The van der Waals surface area contributed by atoms with Gasteiger partial charge in [0.05, 0.1) is 0 Å². The van der Waals surface area contributed by atoms with Crippen LogP contribution in [0.3, 0.4) is 0 Å². The minimum atomic E-state index is 0.341. The number of aryl methyl sites for hydroxylation is 1. The molecule has 1 atom stereocenters. The minimum absolute atomic E-state index is 0.341. The molecular weight excluding hydrogens is 246 g/mol. The zero-order chi connectivity index (χ0) is 15.2. The normalized spacial score (nSPS) is 13.3. The van der Waals surface area contributed by atoms with E-state index in [1.165, 1.54) is 5.56 Å². The highest BCUT2D eigenvalue weighted by atomic mass is 15.3. The highest BCUT2D eigenvalue weighted by Gasteiger charge is 2.19. The average molecular weight is 277 g/mol. The van der Waals surface area contributed by atoms with Crippen LogP contribution < -0.4 is 4.90 Å². The molecule has 0 aliphatic rings. The van der Waals surface area contributed by atoms with Crippen LogP contribution in [0.5, 0.6) is 0 Å². The standard InChI is InChI=1S/C17H31N3/c1-7-9-15-12-18-16(19-13-15)20(14(3)8-2)11-10-17(4,5)6/h12-14H,7-11H2,1-6H3. The molecule has 1 heterocycles. The lowest BCUT2D eigenvalue weighted by Gasteiger charge is -2.31. The van der Waals surface area contributed by atoms with Crippen molar-refractivity contribution in [2.75, 3.05) is 11.4 Å². The Hall–Kier alpha value is -1.12. The van der Waals surface area contributed by atoms with E-state index in [9.17, 15) is 0 Å². The molecule has 0 radical (unpaired) electrons. The van der Waals surface area contributed by atoms with Gasteiger partial charge < -0.3 is 4.90 Å². The quantitative estimate of drug-likeness (QED) is 0.736. The smallest absolute Gasteiger partial charge is 0.225 e. The summed E-state index contributed by atoms with van der Waals surface area (Å²) in [5.74, 6) is 0.878. The van der Waals surface area contributed by atoms with Crippen LogP contribution in [0.25, 0.3) is 0 Å². The number of nitrogens with zero attached hydrogens (tertiary/aromatic N) is 3. The van der Waals surface area contributed by atoms with Gasteiger partial charge in [-0.25, -0.2) is 9.97 Å². The second-order valence-corrected chi connectivity index (χ2v) is 6.90. The molecule has 114 valence electrons. The molecule has 20 heavy (non-hydrogen) atoms. The molecule has 0 aliphatic carbocycles. The number of hydrogen-bond acceptors (Lipinski definition) is 3. The van der Waals surface area contributed by atoms with Gasteiger partial charge in [-0.2, -0.15) is 0 Å². The van der Waals surface area contributed by atoms with Crippen LogP contribution in [-0.2, 0) is 6.42 Å². The summed E-state index contributed by atoms with van der Waals surface area (Å²) >= 11 is 0. The van der Waals surface area contributed by atoms with Crippen molar-refractivity contribution in [2.45, 2.75) is 73.3 Å². The van der Waals surface area contributed by atoms with Crippen molar-refractivity contribution >= 4 is 5.95 Å². The molecule has 0 aliphatic heterocycles. The van der Waals surface area contributed by atoms with Crippen LogP contribution in [0, 0.1) is 5.41 Å². The highest BCUT2D eigenvalue weighted by molar-refractivity contribution is 5.31. The van der Waals surface area contributed by atoms with Crippen molar-refractivity contribution in [3.63, 3.8) is 0 Å². The first-order valence-corrected chi connectivity index (χ1v) is 7.95. The Kier molecular flexibility index (Phi) is 6.44. The van der Waals surface area contributed by atoms with E-state index in [1.807, 2.05) is 12.4 Å². The predicted molar refractivity (Wildman–Crippen MR) is 87.2 cm³/mol. The summed E-state index contributed by atoms with van der Waals surface area (Å²) in [5.41, 5.74) is 1.57. The maximum atomic E-state index is 4.58. The lowest BCUT2D eigenvalue weighted by Crippen LogP contribution is -2.36. The van der Waals surface area contributed by atoms with Crippen LogP contribution in [0.15, 0.2) is 12.4 Å². The topological polar surface area (TPSA) is 29.0 Å². The summed E-state index contributed by atoms with van der Waals surface area (Å²) in [6, 6.07) is 0.481. The molecule has 1 aromatic heterocycles. The van der Waals surface area contributed by atoms with E-state index in [-0.39, 0.29) is 0 Å². The van der Waals surface area contributed by atoms with E-state index < -0.39 is 0 Å². The van der Waals surface area contributed by atoms with E-state index in [0.717, 1.165) is 38.2 Å². The molecule has 0 amide bonds. The molecule has 1 unspecified atom stereocenters. The average Bonchev–Trinajstić information content (AvgIpc) is 2.39. The molecule has 0 aromatic carbocycles. The van der Waals surface area contributed by atoms with Gasteiger partial charge in [0.15, 0.2) is 0 Å². The molecular formula is C17H31N3. The van der Waals surface area contributed by atoms with Crippen molar-refractivity contribution in [1.82, 2.24) is 9.97 Å². The molecule has 0 spiro atoms. The van der Waals surface area contributed by atoms with Gasteiger partial charge in [-0.1, -0.05) is 41.0 Å². The van der Waals surface area contributed by atoms with Crippen LogP contribution in [-0.4, -0.2) is 22.6 Å². The third-order valence-electron chi connectivity index (χ3n) is 3.71. The summed E-state index contributed by atoms with van der Waals surface area (Å²) in [6.07, 6.45) is 8.44. The Labute approximate surface area is 124 Å². The third kappa shape index (κ3) is 5.48. The summed E-state index contributed by atoms with van der Waals surface area (Å²) in [7, 11) is 0. The number of rotatable bonds is 7. The summed E-state index contributed by atoms with van der Waals surface area (Å²) in [4.78, 5) is 11.5. The second kappa shape index (κ2) is 7.61. The molecule has 0 fully saturated rings. The number of hydrogen-bond donors (Lipinski definition) is 0. The van der Waals surface area contributed by atoms with Gasteiger partial charge in [0.1, 0.15) is 0 Å². The predicted octanol–water partition coefficient (Wildman–Crippen LogP) is 4.47. The molecule has 3 nitrogen and oxygen atoms in total. The van der Waals surface area contributed by atoms with Gasteiger partial charge in [-0.05, 0) is 37.2 Å². The zero-order valence-electron chi connectivity index (χ0n) is 14.1. The molecule has 0 saturated heterocycles. The Bertz CT molecular complexity index is 378.